The Morgan fingerprint density at radius 3 is 2.59 bits per heavy atom. The number of rotatable bonds is 5. The molecule has 0 aliphatic rings. The molecule has 0 bridgehead atoms. The molecule has 0 spiro atoms. The molecule has 17 heavy (non-hydrogen) atoms. The van der Waals surface area contributed by atoms with Gasteiger partial charge < -0.3 is 4.74 Å². The molecule has 1 aromatic rings. The highest BCUT2D eigenvalue weighted by atomic mass is 16.5. The van der Waals surface area contributed by atoms with Gasteiger partial charge in [0.05, 0.1) is 6.10 Å². The van der Waals surface area contributed by atoms with Crippen molar-refractivity contribution in [2.45, 2.75) is 33.3 Å². The van der Waals surface area contributed by atoms with Crippen LogP contribution in [-0.2, 0) is 4.74 Å². The molecule has 0 aliphatic heterocycles. The van der Waals surface area contributed by atoms with Crippen LogP contribution in [0, 0.1) is 5.41 Å². The van der Waals surface area contributed by atoms with Crippen molar-refractivity contribution in [2.75, 3.05) is 6.61 Å². The van der Waals surface area contributed by atoms with Gasteiger partial charge in [0.2, 0.25) is 0 Å². The van der Waals surface area contributed by atoms with E-state index in [1.54, 1.807) is 0 Å². The van der Waals surface area contributed by atoms with Gasteiger partial charge >= 0.3 is 0 Å². The summed E-state index contributed by atoms with van der Waals surface area (Å²) in [6.07, 6.45) is 0.926. The Kier molecular flexibility index (Phi) is 5.57. The predicted octanol–water partition coefficient (Wildman–Crippen LogP) is 3.29. The SMILES string of the molecule is CCOC(C)C/C(C)=N/C(=N)c1ccccc1. The lowest BCUT2D eigenvalue weighted by Gasteiger charge is -2.10. The van der Waals surface area contributed by atoms with E-state index in [9.17, 15) is 0 Å². The first-order chi connectivity index (χ1) is 8.13. The largest absolute Gasteiger partial charge is 0.378 e. The van der Waals surface area contributed by atoms with Gasteiger partial charge in [-0.2, -0.15) is 0 Å². The lowest BCUT2D eigenvalue weighted by Crippen LogP contribution is -2.13. The molecular formula is C14H20N2O. The quantitative estimate of drug-likeness (QED) is 0.614. The molecule has 0 radical (unpaired) electrons. The zero-order chi connectivity index (χ0) is 12.7. The summed E-state index contributed by atoms with van der Waals surface area (Å²) in [6.45, 7) is 6.65. The third kappa shape index (κ3) is 4.91. The van der Waals surface area contributed by atoms with Crippen molar-refractivity contribution in [3.05, 3.63) is 35.9 Å². The highest BCUT2D eigenvalue weighted by molar-refractivity contribution is 6.04. The topological polar surface area (TPSA) is 45.4 Å². The van der Waals surface area contributed by atoms with Crippen molar-refractivity contribution in [2.24, 2.45) is 4.99 Å². The summed E-state index contributed by atoms with van der Waals surface area (Å²) >= 11 is 0. The van der Waals surface area contributed by atoms with Gasteiger partial charge in [-0.25, -0.2) is 4.99 Å². The molecule has 3 nitrogen and oxygen atoms in total. The lowest BCUT2D eigenvalue weighted by atomic mass is 10.2. The first kappa shape index (κ1) is 13.6. The summed E-state index contributed by atoms with van der Waals surface area (Å²) in [6, 6.07) is 9.55. The van der Waals surface area contributed by atoms with Gasteiger partial charge in [0.15, 0.2) is 5.84 Å². The van der Waals surface area contributed by atoms with E-state index in [4.69, 9.17) is 10.1 Å². The maximum Gasteiger partial charge on any atom is 0.151 e. The minimum absolute atomic E-state index is 0.160. The minimum atomic E-state index is 0.160. The highest BCUT2D eigenvalue weighted by Crippen LogP contribution is 2.04. The average molecular weight is 232 g/mol. The van der Waals surface area contributed by atoms with Crippen LogP contribution in [0.3, 0.4) is 0 Å². The summed E-state index contributed by atoms with van der Waals surface area (Å²) in [5.41, 5.74) is 1.77. The van der Waals surface area contributed by atoms with Crippen LogP contribution in [-0.4, -0.2) is 24.3 Å². The van der Waals surface area contributed by atoms with Gasteiger partial charge in [0.1, 0.15) is 0 Å². The zero-order valence-corrected chi connectivity index (χ0v) is 10.7. The number of benzene rings is 1. The van der Waals surface area contributed by atoms with Crippen LogP contribution >= 0.6 is 0 Å². The second kappa shape index (κ2) is 6.97. The number of nitrogens with one attached hydrogen (secondary N) is 1. The predicted molar refractivity (Wildman–Crippen MR) is 72.1 cm³/mol. The first-order valence-corrected chi connectivity index (χ1v) is 5.93. The number of nitrogens with zero attached hydrogens (tertiary/aromatic N) is 1. The van der Waals surface area contributed by atoms with E-state index in [1.807, 2.05) is 51.1 Å². The smallest absolute Gasteiger partial charge is 0.151 e. The highest BCUT2D eigenvalue weighted by Gasteiger charge is 2.04. The molecule has 92 valence electrons. The van der Waals surface area contributed by atoms with E-state index >= 15 is 0 Å². The fourth-order valence-electron chi connectivity index (χ4n) is 1.66. The van der Waals surface area contributed by atoms with Gasteiger partial charge in [-0.1, -0.05) is 30.3 Å². The second-order valence-electron chi connectivity index (χ2n) is 4.03. The van der Waals surface area contributed by atoms with E-state index in [-0.39, 0.29) is 6.10 Å². The van der Waals surface area contributed by atoms with Crippen molar-refractivity contribution in [3.8, 4) is 0 Å². The van der Waals surface area contributed by atoms with Crippen LogP contribution < -0.4 is 0 Å². The molecule has 1 atom stereocenters. The van der Waals surface area contributed by atoms with E-state index in [1.165, 1.54) is 0 Å². The normalized spacial score (nSPS) is 13.5. The molecule has 3 heteroatoms. The number of aliphatic imine (C=N–C) groups is 1. The molecule has 0 amide bonds. The third-order valence-corrected chi connectivity index (χ3v) is 2.38. The fraction of sp³-hybridized carbons (Fsp3) is 0.429. The van der Waals surface area contributed by atoms with Crippen LogP contribution in [0.5, 0.6) is 0 Å². The number of amidine groups is 1. The summed E-state index contributed by atoms with van der Waals surface area (Å²) < 4.78 is 5.45. The van der Waals surface area contributed by atoms with Gasteiger partial charge in [-0.05, 0) is 20.8 Å². The monoisotopic (exact) mass is 232 g/mol. The van der Waals surface area contributed by atoms with E-state index < -0.39 is 0 Å². The Morgan fingerprint density at radius 1 is 1.35 bits per heavy atom. The van der Waals surface area contributed by atoms with Crippen LogP contribution in [0.15, 0.2) is 35.3 Å². The van der Waals surface area contributed by atoms with Crippen LogP contribution in [0.4, 0.5) is 0 Å². The number of hydrogen-bond donors (Lipinski definition) is 1. The third-order valence-electron chi connectivity index (χ3n) is 2.38. The average Bonchev–Trinajstić information content (AvgIpc) is 2.30. The second-order valence-corrected chi connectivity index (χ2v) is 4.03. The molecule has 0 saturated heterocycles. The summed E-state index contributed by atoms with van der Waals surface area (Å²) in [4.78, 5) is 4.29. The van der Waals surface area contributed by atoms with Crippen molar-refractivity contribution >= 4 is 11.5 Å². The number of hydrogen-bond acceptors (Lipinski definition) is 2. The van der Waals surface area contributed by atoms with Crippen molar-refractivity contribution in [3.63, 3.8) is 0 Å². The fourth-order valence-corrected chi connectivity index (χ4v) is 1.66. The maximum absolute atomic E-state index is 7.88. The molecule has 1 N–H and O–H groups in total. The van der Waals surface area contributed by atoms with Gasteiger partial charge in [0, 0.05) is 24.3 Å². The van der Waals surface area contributed by atoms with Crippen LogP contribution in [0.2, 0.25) is 0 Å². The Labute approximate surface area is 103 Å². The van der Waals surface area contributed by atoms with E-state index in [0.717, 1.165) is 17.7 Å². The summed E-state index contributed by atoms with van der Waals surface area (Å²) in [7, 11) is 0. The lowest BCUT2D eigenvalue weighted by molar-refractivity contribution is 0.0817. The van der Waals surface area contributed by atoms with Crippen molar-refractivity contribution in [1.82, 2.24) is 0 Å². The molecule has 0 heterocycles. The van der Waals surface area contributed by atoms with Gasteiger partial charge in [-0.15, -0.1) is 0 Å². The first-order valence-electron chi connectivity index (χ1n) is 5.93. The van der Waals surface area contributed by atoms with E-state index in [0.29, 0.717) is 12.4 Å². The summed E-state index contributed by atoms with van der Waals surface area (Å²) in [5.74, 6) is 0.312. The van der Waals surface area contributed by atoms with Crippen molar-refractivity contribution in [1.29, 1.82) is 5.41 Å². The Morgan fingerprint density at radius 2 is 2.00 bits per heavy atom. The number of ether oxygens (including phenoxy) is 1. The van der Waals surface area contributed by atoms with Crippen LogP contribution in [0.25, 0.3) is 0 Å². The molecule has 0 aromatic heterocycles. The Hall–Kier alpha value is -1.48. The molecule has 0 fully saturated rings. The minimum Gasteiger partial charge on any atom is -0.378 e. The molecule has 0 aliphatic carbocycles. The molecule has 0 saturated carbocycles. The maximum atomic E-state index is 7.88. The Bertz CT molecular complexity index is 384. The summed E-state index contributed by atoms with van der Waals surface area (Å²) in [5, 5.41) is 7.88. The van der Waals surface area contributed by atoms with Gasteiger partial charge in [0.25, 0.3) is 0 Å². The molecule has 1 aromatic carbocycles. The van der Waals surface area contributed by atoms with Crippen LogP contribution in [0.1, 0.15) is 32.8 Å². The standard InChI is InChI=1S/C14H20N2O/c1-4-17-12(3)10-11(2)16-14(15)13-8-6-5-7-9-13/h5-9,12,15H,4,10H2,1-3H3/b15-14?,16-11+. The zero-order valence-electron chi connectivity index (χ0n) is 10.7. The molecule has 1 unspecified atom stereocenters. The molecular weight excluding hydrogens is 212 g/mol. The van der Waals surface area contributed by atoms with Crippen molar-refractivity contribution < 1.29 is 4.74 Å². The van der Waals surface area contributed by atoms with Gasteiger partial charge in [-0.3, -0.25) is 5.41 Å². The Balaban J connectivity index is 2.60. The van der Waals surface area contributed by atoms with E-state index in [2.05, 4.69) is 4.99 Å². The molecule has 1 rings (SSSR count).